The summed E-state index contributed by atoms with van der Waals surface area (Å²) in [5.74, 6) is -0.436. The van der Waals surface area contributed by atoms with Gasteiger partial charge in [0.1, 0.15) is 0 Å². The predicted molar refractivity (Wildman–Crippen MR) is 64.9 cm³/mol. The third-order valence-corrected chi connectivity index (χ3v) is 2.66. The lowest BCUT2D eigenvalue weighted by molar-refractivity contribution is 0.0512. The summed E-state index contributed by atoms with van der Waals surface area (Å²) in [4.78, 5) is 19.4. The smallest absolute Gasteiger partial charge is 0.376 e. The topological polar surface area (TPSA) is 69.9 Å². The lowest BCUT2D eigenvalue weighted by Crippen LogP contribution is -2.09. The Morgan fingerprint density at radius 2 is 2.00 bits per heavy atom. The van der Waals surface area contributed by atoms with Crippen LogP contribution in [-0.2, 0) is 11.8 Å². The number of esters is 1. The Labute approximate surface area is 105 Å². The number of carbonyl (C=O) groups is 1. The van der Waals surface area contributed by atoms with Gasteiger partial charge in [-0.1, -0.05) is 0 Å². The summed E-state index contributed by atoms with van der Waals surface area (Å²) in [7, 11) is 1.87. The zero-order valence-corrected chi connectivity index (χ0v) is 10.5. The average Bonchev–Trinajstić information content (AvgIpc) is 2.71. The van der Waals surface area contributed by atoms with Crippen LogP contribution in [0.15, 0.2) is 18.6 Å². The van der Waals surface area contributed by atoms with Crippen LogP contribution in [0.25, 0.3) is 11.1 Å². The van der Waals surface area contributed by atoms with Gasteiger partial charge in [-0.2, -0.15) is 5.10 Å². The lowest BCUT2D eigenvalue weighted by Gasteiger charge is -2.02. The molecule has 0 saturated carbocycles. The molecule has 0 unspecified atom stereocenters. The van der Waals surface area contributed by atoms with Crippen molar-refractivity contribution in [2.75, 3.05) is 6.61 Å². The van der Waals surface area contributed by atoms with E-state index >= 15 is 0 Å². The minimum atomic E-state index is -0.507. The first-order valence-electron chi connectivity index (χ1n) is 5.61. The summed E-state index contributed by atoms with van der Waals surface area (Å²) >= 11 is 0. The summed E-state index contributed by atoms with van der Waals surface area (Å²) in [6.07, 6.45) is 4.95. The van der Waals surface area contributed by atoms with Crippen molar-refractivity contribution in [1.29, 1.82) is 0 Å². The maximum atomic E-state index is 11.4. The Hall–Kier alpha value is -2.24. The summed E-state index contributed by atoms with van der Waals surface area (Å²) in [6.45, 7) is 4.01. The first-order chi connectivity index (χ1) is 8.63. The molecule has 0 aliphatic carbocycles. The van der Waals surface area contributed by atoms with Gasteiger partial charge in [0.15, 0.2) is 0 Å². The zero-order valence-electron chi connectivity index (χ0n) is 10.5. The molecule has 0 spiro atoms. The van der Waals surface area contributed by atoms with Gasteiger partial charge in [0.05, 0.1) is 12.8 Å². The average molecular weight is 246 g/mol. The zero-order chi connectivity index (χ0) is 13.1. The molecule has 0 radical (unpaired) electrons. The highest BCUT2D eigenvalue weighted by molar-refractivity contribution is 5.85. The molecular weight excluding hydrogens is 232 g/mol. The monoisotopic (exact) mass is 246 g/mol. The van der Waals surface area contributed by atoms with Crippen molar-refractivity contribution in [3.8, 4) is 11.1 Å². The molecule has 0 saturated heterocycles. The van der Waals surface area contributed by atoms with Crippen molar-refractivity contribution in [2.45, 2.75) is 13.8 Å². The second-order valence-corrected chi connectivity index (χ2v) is 3.78. The lowest BCUT2D eigenvalue weighted by atomic mass is 10.1. The van der Waals surface area contributed by atoms with Crippen molar-refractivity contribution < 1.29 is 9.53 Å². The van der Waals surface area contributed by atoms with Crippen molar-refractivity contribution >= 4 is 5.97 Å². The van der Waals surface area contributed by atoms with Crippen molar-refractivity contribution in [3.63, 3.8) is 0 Å². The molecule has 0 fully saturated rings. The molecule has 0 bridgehead atoms. The largest absolute Gasteiger partial charge is 0.460 e. The van der Waals surface area contributed by atoms with Crippen LogP contribution in [0.4, 0.5) is 0 Å². The Kier molecular flexibility index (Phi) is 3.36. The van der Waals surface area contributed by atoms with E-state index in [4.69, 9.17) is 4.74 Å². The first-order valence-corrected chi connectivity index (χ1v) is 5.61. The van der Waals surface area contributed by atoms with E-state index in [9.17, 15) is 4.79 Å². The summed E-state index contributed by atoms with van der Waals surface area (Å²) in [5, 5.41) is 4.15. The van der Waals surface area contributed by atoms with E-state index in [2.05, 4.69) is 15.1 Å². The van der Waals surface area contributed by atoms with Gasteiger partial charge in [0.25, 0.3) is 0 Å². The minimum absolute atomic E-state index is 0.0714. The van der Waals surface area contributed by atoms with Gasteiger partial charge in [-0.05, 0) is 13.8 Å². The van der Waals surface area contributed by atoms with E-state index in [-0.39, 0.29) is 5.82 Å². The fraction of sp³-hybridized carbons (Fsp3) is 0.333. The number of aromatic nitrogens is 4. The molecule has 0 amide bonds. The first kappa shape index (κ1) is 12.2. The van der Waals surface area contributed by atoms with Crippen LogP contribution >= 0.6 is 0 Å². The summed E-state index contributed by atoms with van der Waals surface area (Å²) in [6, 6.07) is 0. The van der Waals surface area contributed by atoms with E-state index < -0.39 is 5.97 Å². The van der Waals surface area contributed by atoms with Crippen LogP contribution in [0.1, 0.15) is 23.2 Å². The highest BCUT2D eigenvalue weighted by atomic mass is 16.5. The van der Waals surface area contributed by atoms with Crippen LogP contribution in [-0.4, -0.2) is 32.3 Å². The quantitative estimate of drug-likeness (QED) is 0.765. The van der Waals surface area contributed by atoms with E-state index in [1.165, 1.54) is 0 Å². The van der Waals surface area contributed by atoms with Crippen LogP contribution in [0.3, 0.4) is 0 Å². The van der Waals surface area contributed by atoms with Crippen LogP contribution in [0, 0.1) is 6.92 Å². The SMILES string of the molecule is CCOC(=O)c1ncc(-c2cnn(C)c2C)cn1. The van der Waals surface area contributed by atoms with Gasteiger partial charge in [-0.15, -0.1) is 0 Å². The molecule has 2 rings (SSSR count). The number of hydrogen-bond acceptors (Lipinski definition) is 5. The van der Waals surface area contributed by atoms with E-state index in [0.717, 1.165) is 16.8 Å². The van der Waals surface area contributed by atoms with Gasteiger partial charge in [0.2, 0.25) is 5.82 Å². The van der Waals surface area contributed by atoms with Crippen LogP contribution in [0.5, 0.6) is 0 Å². The molecule has 2 aromatic rings. The summed E-state index contributed by atoms with van der Waals surface area (Å²) < 4.78 is 6.59. The molecule has 0 aliphatic heterocycles. The predicted octanol–water partition coefficient (Wildman–Crippen LogP) is 1.36. The van der Waals surface area contributed by atoms with Crippen molar-refractivity contribution in [3.05, 3.63) is 30.1 Å². The second kappa shape index (κ2) is 4.95. The van der Waals surface area contributed by atoms with Gasteiger partial charge in [0, 0.05) is 36.3 Å². The maximum absolute atomic E-state index is 11.4. The van der Waals surface area contributed by atoms with Crippen LogP contribution < -0.4 is 0 Å². The van der Waals surface area contributed by atoms with Crippen molar-refractivity contribution in [1.82, 2.24) is 19.7 Å². The third kappa shape index (κ3) is 2.22. The van der Waals surface area contributed by atoms with Crippen molar-refractivity contribution in [2.24, 2.45) is 7.05 Å². The molecule has 0 aliphatic rings. The van der Waals surface area contributed by atoms with E-state index in [0.29, 0.717) is 6.61 Å². The molecule has 6 heteroatoms. The van der Waals surface area contributed by atoms with Gasteiger partial charge >= 0.3 is 5.97 Å². The fourth-order valence-electron chi connectivity index (χ4n) is 1.55. The molecule has 18 heavy (non-hydrogen) atoms. The molecule has 0 atom stereocenters. The fourth-order valence-corrected chi connectivity index (χ4v) is 1.55. The van der Waals surface area contributed by atoms with Gasteiger partial charge in [-0.25, -0.2) is 14.8 Å². The van der Waals surface area contributed by atoms with Crippen LogP contribution in [0.2, 0.25) is 0 Å². The van der Waals surface area contributed by atoms with Gasteiger partial charge < -0.3 is 4.74 Å². The Balaban J connectivity index is 2.28. The normalized spacial score (nSPS) is 10.4. The molecule has 0 aromatic carbocycles. The molecule has 6 nitrogen and oxygen atoms in total. The molecular formula is C12H14N4O2. The third-order valence-electron chi connectivity index (χ3n) is 2.66. The van der Waals surface area contributed by atoms with E-state index in [1.54, 1.807) is 30.2 Å². The highest BCUT2D eigenvalue weighted by Crippen LogP contribution is 2.20. The number of hydrogen-bond donors (Lipinski definition) is 0. The second-order valence-electron chi connectivity index (χ2n) is 3.78. The Morgan fingerprint density at radius 1 is 1.33 bits per heavy atom. The number of aryl methyl sites for hydroxylation is 1. The maximum Gasteiger partial charge on any atom is 0.376 e. The summed E-state index contributed by atoms with van der Waals surface area (Å²) in [5.41, 5.74) is 2.80. The number of nitrogens with zero attached hydrogens (tertiary/aromatic N) is 4. The van der Waals surface area contributed by atoms with E-state index in [1.807, 2.05) is 14.0 Å². The Bertz CT molecular complexity index is 560. The highest BCUT2D eigenvalue weighted by Gasteiger charge is 2.12. The number of ether oxygens (including phenoxy) is 1. The minimum Gasteiger partial charge on any atom is -0.460 e. The molecule has 0 N–H and O–H groups in total. The van der Waals surface area contributed by atoms with Gasteiger partial charge in [-0.3, -0.25) is 4.68 Å². The molecule has 2 aromatic heterocycles. The molecule has 2 heterocycles. The Morgan fingerprint density at radius 3 is 2.50 bits per heavy atom. The number of rotatable bonds is 3. The standard InChI is InChI=1S/C12H14N4O2/c1-4-18-12(17)11-13-5-9(6-14-11)10-7-15-16(3)8(10)2/h5-7H,4H2,1-3H3. The number of carbonyl (C=O) groups excluding carboxylic acids is 1. The molecule has 94 valence electrons.